The van der Waals surface area contributed by atoms with Gasteiger partial charge in [-0.2, -0.15) is 0 Å². The first-order valence-corrected chi connectivity index (χ1v) is 10.8. The summed E-state index contributed by atoms with van der Waals surface area (Å²) in [6.07, 6.45) is 0. The second kappa shape index (κ2) is 9.93. The van der Waals surface area contributed by atoms with Gasteiger partial charge in [-0.25, -0.2) is 0 Å². The Balaban J connectivity index is 0.000000269. The molecule has 0 spiro atoms. The summed E-state index contributed by atoms with van der Waals surface area (Å²) < 4.78 is 0. The first kappa shape index (κ1) is 22.1. The van der Waals surface area contributed by atoms with Crippen LogP contribution in [0, 0.1) is 0 Å². The highest BCUT2D eigenvalue weighted by atomic mass is 35.5. The van der Waals surface area contributed by atoms with Gasteiger partial charge in [-0.15, -0.1) is 24.4 Å². The van der Waals surface area contributed by atoms with Gasteiger partial charge < -0.3 is 16.4 Å². The summed E-state index contributed by atoms with van der Waals surface area (Å²) in [4.78, 5) is 25.8. The van der Waals surface area contributed by atoms with Crippen molar-refractivity contribution in [3.8, 4) is 0 Å². The smallest absolute Gasteiger partial charge is 0.255 e. The Hall–Kier alpha value is -2.61. The average Bonchev–Trinajstić information content (AvgIpc) is 2.69. The fourth-order valence-electron chi connectivity index (χ4n) is 2.64. The van der Waals surface area contributed by atoms with Crippen molar-refractivity contribution < 1.29 is 9.59 Å². The van der Waals surface area contributed by atoms with Gasteiger partial charge in [-0.05, 0) is 61.5 Å². The maximum atomic E-state index is 12.3. The molecule has 5 nitrogen and oxygen atoms in total. The maximum Gasteiger partial charge on any atom is 0.255 e. The van der Waals surface area contributed by atoms with Crippen LogP contribution < -0.4 is 16.4 Å². The van der Waals surface area contributed by atoms with Gasteiger partial charge in [0, 0.05) is 31.8 Å². The molecule has 0 aliphatic carbocycles. The number of nitrogens with two attached hydrogens (primary N) is 1. The fourth-order valence-corrected chi connectivity index (χ4v) is 4.00. The Morgan fingerprint density at radius 2 is 1.90 bits per heavy atom. The number of halogens is 1. The number of hydrogen-bond donors (Lipinski definition) is 4. The van der Waals surface area contributed by atoms with E-state index in [1.54, 1.807) is 42.5 Å². The van der Waals surface area contributed by atoms with Crippen LogP contribution in [0.1, 0.15) is 17.3 Å². The summed E-state index contributed by atoms with van der Waals surface area (Å²) in [5.41, 5.74) is 7.95. The molecule has 2 amide bonds. The minimum atomic E-state index is -0.223. The van der Waals surface area contributed by atoms with Crippen molar-refractivity contribution in [3.05, 3.63) is 77.3 Å². The predicted octanol–water partition coefficient (Wildman–Crippen LogP) is 5.58. The van der Waals surface area contributed by atoms with Crippen LogP contribution in [0.25, 0.3) is 0 Å². The Bertz CT molecular complexity index is 1070. The second-order valence-electron chi connectivity index (χ2n) is 6.52. The van der Waals surface area contributed by atoms with Gasteiger partial charge in [0.05, 0.1) is 10.9 Å². The minimum Gasteiger partial charge on any atom is -0.399 e. The van der Waals surface area contributed by atoms with Crippen LogP contribution in [-0.2, 0) is 4.79 Å². The van der Waals surface area contributed by atoms with Gasteiger partial charge in [0.2, 0.25) is 5.91 Å². The van der Waals surface area contributed by atoms with Crippen LogP contribution in [-0.4, -0.2) is 17.1 Å². The van der Waals surface area contributed by atoms with Gasteiger partial charge in [-0.1, -0.05) is 23.7 Å². The first-order chi connectivity index (χ1) is 14.3. The van der Waals surface area contributed by atoms with E-state index in [1.165, 1.54) is 11.8 Å². The highest BCUT2D eigenvalue weighted by Crippen LogP contribution is 2.36. The predicted molar refractivity (Wildman–Crippen MR) is 128 cm³/mol. The zero-order valence-corrected chi connectivity index (χ0v) is 18.5. The van der Waals surface area contributed by atoms with E-state index in [1.807, 2.05) is 31.2 Å². The zero-order chi connectivity index (χ0) is 21.7. The van der Waals surface area contributed by atoms with Crippen LogP contribution in [0.3, 0.4) is 0 Å². The largest absolute Gasteiger partial charge is 0.399 e. The number of nitrogen functional groups attached to an aromatic ring is 1. The molecule has 4 N–H and O–H groups in total. The monoisotopic (exact) mass is 457 g/mol. The van der Waals surface area contributed by atoms with Gasteiger partial charge in [-0.3, -0.25) is 9.59 Å². The van der Waals surface area contributed by atoms with Crippen LogP contribution in [0.15, 0.2) is 76.5 Å². The molecule has 0 radical (unpaired) electrons. The standard InChI is InChI=1S/C16H14N2O2S2.C6H6ClN/c1-9-15(19)18-13-7-10(5-6-14(13)22-9)16(20)17-11-3-2-4-12(21)8-11;7-5-2-1-3-6(8)4-5/h2-9,21H,1H3,(H,17,20)(H,18,19);1-4H,8H2. The molecule has 3 aromatic rings. The number of carbonyl (C=O) groups excluding carboxylic acids is 2. The van der Waals surface area contributed by atoms with Gasteiger partial charge >= 0.3 is 0 Å². The lowest BCUT2D eigenvalue weighted by Crippen LogP contribution is -2.26. The number of benzene rings is 3. The molecular formula is C22H20ClN3O2S2. The quantitative estimate of drug-likeness (QED) is 0.299. The molecule has 3 aromatic carbocycles. The summed E-state index contributed by atoms with van der Waals surface area (Å²) in [6, 6.07) is 19.7. The average molecular weight is 458 g/mol. The lowest BCUT2D eigenvalue weighted by atomic mass is 10.1. The number of carbonyl (C=O) groups is 2. The highest BCUT2D eigenvalue weighted by Gasteiger charge is 2.23. The third-order valence-corrected chi connectivity index (χ3v) is 5.82. The summed E-state index contributed by atoms with van der Waals surface area (Å²) >= 11 is 11.3. The summed E-state index contributed by atoms with van der Waals surface area (Å²) in [5, 5.41) is 6.21. The minimum absolute atomic E-state index is 0.0437. The Morgan fingerprint density at radius 1 is 1.13 bits per heavy atom. The molecule has 0 saturated carbocycles. The van der Waals surface area contributed by atoms with Crippen LogP contribution in [0.2, 0.25) is 5.02 Å². The molecule has 0 saturated heterocycles. The summed E-state index contributed by atoms with van der Waals surface area (Å²) in [6.45, 7) is 1.86. The van der Waals surface area contributed by atoms with Crippen molar-refractivity contribution in [2.24, 2.45) is 0 Å². The third-order valence-electron chi connectivity index (χ3n) is 4.13. The lowest BCUT2D eigenvalue weighted by molar-refractivity contribution is -0.115. The van der Waals surface area contributed by atoms with Crippen molar-refractivity contribution in [1.29, 1.82) is 0 Å². The summed E-state index contributed by atoms with van der Waals surface area (Å²) in [5.74, 6) is -0.266. The number of rotatable bonds is 2. The van der Waals surface area contributed by atoms with Gasteiger partial charge in [0.1, 0.15) is 0 Å². The number of fused-ring (bicyclic) bond motifs is 1. The molecule has 30 heavy (non-hydrogen) atoms. The first-order valence-electron chi connectivity index (χ1n) is 9.05. The number of anilines is 3. The molecule has 1 aliphatic heterocycles. The number of thioether (sulfide) groups is 1. The van der Waals surface area contributed by atoms with Crippen molar-refractivity contribution in [3.63, 3.8) is 0 Å². The van der Waals surface area contributed by atoms with E-state index in [4.69, 9.17) is 17.3 Å². The van der Waals surface area contributed by atoms with E-state index in [0.29, 0.717) is 27.6 Å². The molecule has 1 heterocycles. The zero-order valence-electron chi connectivity index (χ0n) is 16.1. The Morgan fingerprint density at radius 3 is 2.57 bits per heavy atom. The highest BCUT2D eigenvalue weighted by molar-refractivity contribution is 8.00. The van der Waals surface area contributed by atoms with E-state index >= 15 is 0 Å². The molecule has 1 aliphatic rings. The Kier molecular flexibility index (Phi) is 7.31. The number of thiol groups is 1. The van der Waals surface area contributed by atoms with Crippen molar-refractivity contribution in [2.45, 2.75) is 22.0 Å². The van der Waals surface area contributed by atoms with Crippen LogP contribution >= 0.6 is 36.0 Å². The molecule has 0 fully saturated rings. The van der Waals surface area contributed by atoms with E-state index in [-0.39, 0.29) is 17.1 Å². The number of amides is 2. The van der Waals surface area contributed by atoms with Gasteiger partial charge in [0.15, 0.2) is 0 Å². The van der Waals surface area contributed by atoms with E-state index in [2.05, 4.69) is 23.3 Å². The van der Waals surface area contributed by atoms with E-state index < -0.39 is 0 Å². The maximum absolute atomic E-state index is 12.3. The van der Waals surface area contributed by atoms with Crippen LogP contribution in [0.5, 0.6) is 0 Å². The molecular weight excluding hydrogens is 438 g/mol. The molecule has 8 heteroatoms. The summed E-state index contributed by atoms with van der Waals surface area (Å²) in [7, 11) is 0. The second-order valence-corrected chi connectivity index (χ2v) is 8.86. The number of hydrogen-bond acceptors (Lipinski definition) is 5. The Labute approximate surface area is 189 Å². The van der Waals surface area contributed by atoms with E-state index in [0.717, 1.165) is 9.79 Å². The normalized spacial score (nSPS) is 14.6. The van der Waals surface area contributed by atoms with Gasteiger partial charge in [0.25, 0.3) is 5.91 Å². The van der Waals surface area contributed by atoms with Crippen molar-refractivity contribution in [1.82, 2.24) is 0 Å². The topological polar surface area (TPSA) is 84.2 Å². The van der Waals surface area contributed by atoms with E-state index in [9.17, 15) is 9.59 Å². The number of nitrogens with one attached hydrogen (secondary N) is 2. The van der Waals surface area contributed by atoms with Crippen molar-refractivity contribution >= 4 is 64.9 Å². The third kappa shape index (κ3) is 5.95. The molecule has 1 unspecified atom stereocenters. The molecule has 1 atom stereocenters. The molecule has 154 valence electrons. The van der Waals surface area contributed by atoms with Crippen LogP contribution in [0.4, 0.5) is 17.1 Å². The van der Waals surface area contributed by atoms with Crippen molar-refractivity contribution in [2.75, 3.05) is 16.4 Å². The SMILES string of the molecule is CC1Sc2ccc(C(=O)Nc3cccc(S)c3)cc2NC1=O.Nc1cccc(Cl)c1. The molecule has 0 bridgehead atoms. The molecule has 0 aromatic heterocycles. The fraction of sp³-hybridized carbons (Fsp3) is 0.0909. The lowest BCUT2D eigenvalue weighted by Gasteiger charge is -2.21. The molecule has 4 rings (SSSR count).